The summed E-state index contributed by atoms with van der Waals surface area (Å²) >= 11 is 0. The molecule has 0 amide bonds. The summed E-state index contributed by atoms with van der Waals surface area (Å²) in [6.45, 7) is 3.76. The summed E-state index contributed by atoms with van der Waals surface area (Å²) in [5.41, 5.74) is 1.34. The van der Waals surface area contributed by atoms with Crippen LogP contribution in [-0.4, -0.2) is 46.4 Å². The second kappa shape index (κ2) is 8.15. The zero-order valence-corrected chi connectivity index (χ0v) is 17.1. The number of aliphatic hydroxyl groups excluding tert-OH is 1. The minimum atomic E-state index is -4.45. The number of rotatable bonds is 5. The van der Waals surface area contributed by atoms with Gasteiger partial charge in [0.2, 0.25) is 0 Å². The molecule has 5 nitrogen and oxygen atoms in total. The van der Waals surface area contributed by atoms with Crippen LogP contribution in [0, 0.1) is 12.8 Å². The number of aliphatic hydroxyl groups is 1. The third-order valence-corrected chi connectivity index (χ3v) is 6.09. The normalized spacial score (nSPS) is 21.5. The molecule has 30 heavy (non-hydrogen) atoms. The fourth-order valence-corrected chi connectivity index (χ4v) is 4.29. The zero-order valence-electron chi connectivity index (χ0n) is 17.1. The number of piperidine rings is 1. The number of aromatic nitrogens is 2. The van der Waals surface area contributed by atoms with Crippen LogP contribution >= 0.6 is 0 Å². The topological polar surface area (TPSA) is 58.5 Å². The van der Waals surface area contributed by atoms with Gasteiger partial charge in [-0.15, -0.1) is 5.10 Å². The first-order valence-electron chi connectivity index (χ1n) is 10.3. The van der Waals surface area contributed by atoms with Gasteiger partial charge >= 0.3 is 6.18 Å². The first-order chi connectivity index (χ1) is 14.3. The molecule has 1 aromatic carbocycles. The number of alkyl halides is 3. The fraction of sp³-hybridized carbons (Fsp3) is 0.545. The fourth-order valence-electron chi connectivity index (χ4n) is 4.29. The molecule has 1 aromatic heterocycles. The van der Waals surface area contributed by atoms with E-state index in [0.717, 1.165) is 43.6 Å². The standard InChI is InChI=1S/C22H26F3N3O2/c1-13-10-18(21(29)14-4-3-9-28(12-14)16-6-7-16)26-27-20(13)17-8-5-15(22(23,24)25)11-19(17)30-2/h5,8,10-11,14,16,21,29H,3-4,6-7,9,12H2,1-2H3/t14-,21-/m1/s1. The van der Waals surface area contributed by atoms with Crippen molar-refractivity contribution in [3.8, 4) is 17.0 Å². The molecular formula is C22H26F3N3O2. The molecule has 2 atom stereocenters. The van der Waals surface area contributed by atoms with Crippen molar-refractivity contribution in [1.29, 1.82) is 0 Å². The number of nitrogens with zero attached hydrogens (tertiary/aromatic N) is 3. The Morgan fingerprint density at radius 3 is 2.57 bits per heavy atom. The maximum atomic E-state index is 13.0. The van der Waals surface area contributed by atoms with Crippen LogP contribution in [0.2, 0.25) is 0 Å². The van der Waals surface area contributed by atoms with Gasteiger partial charge in [0, 0.05) is 24.1 Å². The van der Waals surface area contributed by atoms with Gasteiger partial charge in [-0.1, -0.05) is 0 Å². The molecule has 0 spiro atoms. The number of halogens is 3. The smallest absolute Gasteiger partial charge is 0.416 e. The van der Waals surface area contributed by atoms with Gasteiger partial charge in [-0.3, -0.25) is 4.90 Å². The van der Waals surface area contributed by atoms with Crippen molar-refractivity contribution in [2.24, 2.45) is 5.92 Å². The number of hydrogen-bond donors (Lipinski definition) is 1. The van der Waals surface area contributed by atoms with Crippen molar-refractivity contribution >= 4 is 0 Å². The predicted octanol–water partition coefficient (Wildman–Crippen LogP) is 4.39. The zero-order chi connectivity index (χ0) is 21.5. The van der Waals surface area contributed by atoms with Gasteiger partial charge in [-0.2, -0.15) is 18.3 Å². The van der Waals surface area contributed by atoms with E-state index in [0.29, 0.717) is 23.0 Å². The second-order valence-electron chi connectivity index (χ2n) is 8.29. The number of likely N-dealkylation sites (tertiary alicyclic amines) is 1. The van der Waals surface area contributed by atoms with E-state index >= 15 is 0 Å². The van der Waals surface area contributed by atoms with Crippen molar-refractivity contribution < 1.29 is 23.0 Å². The van der Waals surface area contributed by atoms with Gasteiger partial charge in [-0.25, -0.2) is 0 Å². The number of aryl methyl sites for hydroxylation is 1. The van der Waals surface area contributed by atoms with Crippen LogP contribution in [0.1, 0.15) is 48.6 Å². The highest BCUT2D eigenvalue weighted by Crippen LogP contribution is 2.38. The second-order valence-corrected chi connectivity index (χ2v) is 8.29. The van der Waals surface area contributed by atoms with E-state index in [4.69, 9.17) is 4.74 Å². The van der Waals surface area contributed by atoms with E-state index in [1.807, 2.05) is 6.92 Å². The third-order valence-electron chi connectivity index (χ3n) is 6.09. The van der Waals surface area contributed by atoms with Crippen molar-refractivity contribution in [3.63, 3.8) is 0 Å². The predicted molar refractivity (Wildman–Crippen MR) is 106 cm³/mol. The molecule has 1 aliphatic carbocycles. The highest BCUT2D eigenvalue weighted by molar-refractivity contribution is 5.70. The molecule has 1 saturated heterocycles. The molecular weight excluding hydrogens is 395 g/mol. The number of ether oxygens (including phenoxy) is 1. The van der Waals surface area contributed by atoms with Crippen LogP contribution < -0.4 is 4.74 Å². The summed E-state index contributed by atoms with van der Waals surface area (Å²) < 4.78 is 44.2. The van der Waals surface area contributed by atoms with Crippen LogP contribution in [0.3, 0.4) is 0 Å². The average Bonchev–Trinajstić information content (AvgIpc) is 3.57. The maximum absolute atomic E-state index is 13.0. The van der Waals surface area contributed by atoms with Gasteiger partial charge in [0.05, 0.1) is 24.1 Å². The molecule has 1 saturated carbocycles. The van der Waals surface area contributed by atoms with Crippen molar-refractivity contribution in [3.05, 3.63) is 41.1 Å². The summed E-state index contributed by atoms with van der Waals surface area (Å²) in [7, 11) is 1.33. The Morgan fingerprint density at radius 1 is 1.17 bits per heavy atom. The molecule has 2 aliphatic rings. The van der Waals surface area contributed by atoms with Crippen molar-refractivity contribution in [1.82, 2.24) is 15.1 Å². The Hall–Kier alpha value is -2.19. The lowest BCUT2D eigenvalue weighted by Crippen LogP contribution is -2.39. The van der Waals surface area contributed by atoms with Crippen LogP contribution in [0.5, 0.6) is 5.75 Å². The van der Waals surface area contributed by atoms with Crippen molar-refractivity contribution in [2.45, 2.75) is 50.9 Å². The lowest BCUT2D eigenvalue weighted by molar-refractivity contribution is -0.137. The highest BCUT2D eigenvalue weighted by atomic mass is 19.4. The highest BCUT2D eigenvalue weighted by Gasteiger charge is 2.36. The third kappa shape index (κ3) is 4.30. The van der Waals surface area contributed by atoms with Gasteiger partial charge < -0.3 is 9.84 Å². The van der Waals surface area contributed by atoms with E-state index in [2.05, 4.69) is 15.1 Å². The molecule has 8 heteroatoms. The van der Waals surface area contributed by atoms with E-state index in [9.17, 15) is 18.3 Å². The van der Waals surface area contributed by atoms with E-state index in [1.165, 1.54) is 26.0 Å². The van der Waals surface area contributed by atoms with Crippen molar-refractivity contribution in [2.75, 3.05) is 20.2 Å². The number of benzene rings is 1. The molecule has 0 bridgehead atoms. The van der Waals surface area contributed by atoms with Crippen LogP contribution in [0.25, 0.3) is 11.3 Å². The first-order valence-corrected chi connectivity index (χ1v) is 10.3. The lowest BCUT2D eigenvalue weighted by Gasteiger charge is -2.35. The molecule has 162 valence electrons. The monoisotopic (exact) mass is 421 g/mol. The summed E-state index contributed by atoms with van der Waals surface area (Å²) in [4.78, 5) is 2.46. The Kier molecular flexibility index (Phi) is 5.72. The van der Waals surface area contributed by atoms with Gasteiger partial charge in [0.25, 0.3) is 0 Å². The summed E-state index contributed by atoms with van der Waals surface area (Å²) in [6, 6.07) is 5.77. The minimum Gasteiger partial charge on any atom is -0.496 e. The quantitative estimate of drug-likeness (QED) is 0.776. The van der Waals surface area contributed by atoms with Gasteiger partial charge in [-0.05, 0) is 69.0 Å². The molecule has 4 rings (SSSR count). The molecule has 0 unspecified atom stereocenters. The summed E-state index contributed by atoms with van der Waals surface area (Å²) in [6.07, 6.45) is -0.669. The van der Waals surface area contributed by atoms with Crippen LogP contribution in [0.15, 0.2) is 24.3 Å². The molecule has 0 radical (unpaired) electrons. The molecule has 2 fully saturated rings. The van der Waals surface area contributed by atoms with Gasteiger partial charge in [0.15, 0.2) is 0 Å². The van der Waals surface area contributed by atoms with Crippen LogP contribution in [0.4, 0.5) is 13.2 Å². The number of hydrogen-bond acceptors (Lipinski definition) is 5. The molecule has 2 heterocycles. The molecule has 2 aromatic rings. The summed E-state index contributed by atoms with van der Waals surface area (Å²) in [5.74, 6) is 0.197. The number of methoxy groups -OCH3 is 1. The summed E-state index contributed by atoms with van der Waals surface area (Å²) in [5, 5.41) is 19.4. The van der Waals surface area contributed by atoms with Crippen LogP contribution in [-0.2, 0) is 6.18 Å². The van der Waals surface area contributed by atoms with E-state index in [1.54, 1.807) is 6.07 Å². The van der Waals surface area contributed by atoms with Gasteiger partial charge in [0.1, 0.15) is 11.9 Å². The Labute approximate surface area is 173 Å². The Morgan fingerprint density at radius 2 is 1.93 bits per heavy atom. The Balaban J connectivity index is 1.57. The first kappa shape index (κ1) is 21.1. The Bertz CT molecular complexity index is 915. The van der Waals surface area contributed by atoms with E-state index < -0.39 is 17.8 Å². The average molecular weight is 421 g/mol. The SMILES string of the molecule is COc1cc(C(F)(F)F)ccc1-c1nnc([C@H](O)[C@@H]2CCCN(C3CC3)C2)cc1C. The molecule has 1 N–H and O–H groups in total. The maximum Gasteiger partial charge on any atom is 0.416 e. The molecule has 1 aliphatic heterocycles. The van der Waals surface area contributed by atoms with E-state index in [-0.39, 0.29) is 11.7 Å². The largest absolute Gasteiger partial charge is 0.496 e. The lowest BCUT2D eigenvalue weighted by atomic mass is 9.90. The minimum absolute atomic E-state index is 0.0860.